The fraction of sp³-hybridized carbons (Fsp3) is 0.833. The average molecular weight is 353 g/mol. The van der Waals surface area contributed by atoms with Crippen molar-refractivity contribution in [1.29, 1.82) is 0 Å². The molecular weight excluding hydrogens is 328 g/mol. The Bertz CT molecular complexity index is 511. The minimum atomic E-state index is -0.0833. The van der Waals surface area contributed by atoms with Gasteiger partial charge in [-0.25, -0.2) is 0 Å². The molecule has 116 valence electrons. The van der Waals surface area contributed by atoms with Crippen LogP contribution in [0, 0.1) is 29.1 Å². The number of aliphatic hydroxyl groups is 1. The molecule has 2 nitrogen and oxygen atoms in total. The molecule has 0 radical (unpaired) electrons. The number of Topliss-reactive ketones (excluding diaryl/α,β-unsaturated/α-hetero) is 1. The van der Waals surface area contributed by atoms with E-state index in [1.807, 2.05) is 0 Å². The van der Waals surface area contributed by atoms with Gasteiger partial charge in [-0.1, -0.05) is 6.92 Å². The number of hydrogen-bond acceptors (Lipinski definition) is 2. The van der Waals surface area contributed by atoms with Crippen molar-refractivity contribution in [3.8, 4) is 0 Å². The van der Waals surface area contributed by atoms with E-state index < -0.39 is 0 Å². The summed E-state index contributed by atoms with van der Waals surface area (Å²) in [5.74, 6) is 3.21. The van der Waals surface area contributed by atoms with Crippen molar-refractivity contribution in [2.24, 2.45) is 29.1 Å². The number of allylic oxidation sites excluding steroid dienone is 1. The summed E-state index contributed by atoms with van der Waals surface area (Å²) in [6, 6.07) is 0. The minimum Gasteiger partial charge on any atom is -0.393 e. The van der Waals surface area contributed by atoms with E-state index in [4.69, 9.17) is 0 Å². The second-order valence-electron chi connectivity index (χ2n) is 8.02. The summed E-state index contributed by atoms with van der Waals surface area (Å²) in [5.41, 5.74) is 1.60. The van der Waals surface area contributed by atoms with Crippen molar-refractivity contribution >= 4 is 21.7 Å². The third kappa shape index (κ3) is 1.96. The van der Waals surface area contributed by atoms with Gasteiger partial charge in [0.2, 0.25) is 0 Å². The number of hydrogen-bond donors (Lipinski definition) is 1. The third-order valence-corrected chi connectivity index (χ3v) is 8.31. The Morgan fingerprint density at radius 2 is 1.90 bits per heavy atom. The van der Waals surface area contributed by atoms with E-state index in [0.717, 1.165) is 42.0 Å². The molecular formula is C18H25BrO2. The van der Waals surface area contributed by atoms with Crippen LogP contribution < -0.4 is 0 Å². The van der Waals surface area contributed by atoms with Crippen LogP contribution in [0.15, 0.2) is 10.1 Å². The Morgan fingerprint density at radius 3 is 2.71 bits per heavy atom. The van der Waals surface area contributed by atoms with E-state index in [1.54, 1.807) is 0 Å². The molecule has 3 saturated carbocycles. The SMILES string of the molecule is C[C@]12CC[C@H]3[C@@H](CCC4=C(Br)C(=O)CC[C@@H]43)[C@@H]1CC[C@@H]2O. The van der Waals surface area contributed by atoms with Crippen LogP contribution in [0.4, 0.5) is 0 Å². The normalized spacial score (nSPS) is 49.7. The van der Waals surface area contributed by atoms with Crippen molar-refractivity contribution in [2.75, 3.05) is 0 Å². The van der Waals surface area contributed by atoms with Gasteiger partial charge in [0, 0.05) is 6.42 Å². The maximum atomic E-state index is 11.9. The number of carbonyl (C=O) groups excluding carboxylic acids is 1. The van der Waals surface area contributed by atoms with Crippen LogP contribution in [0.25, 0.3) is 0 Å². The average Bonchev–Trinajstić information content (AvgIpc) is 2.78. The van der Waals surface area contributed by atoms with Gasteiger partial charge in [0.05, 0.1) is 10.6 Å². The number of aliphatic hydroxyl groups excluding tert-OH is 1. The van der Waals surface area contributed by atoms with Crippen molar-refractivity contribution in [2.45, 2.75) is 64.4 Å². The van der Waals surface area contributed by atoms with Crippen molar-refractivity contribution < 1.29 is 9.90 Å². The highest BCUT2D eigenvalue weighted by atomic mass is 79.9. The molecule has 3 heteroatoms. The third-order valence-electron chi connectivity index (χ3n) is 7.36. The molecule has 0 aromatic rings. The Balaban J connectivity index is 1.66. The monoisotopic (exact) mass is 352 g/mol. The van der Waals surface area contributed by atoms with E-state index in [-0.39, 0.29) is 11.5 Å². The zero-order valence-electron chi connectivity index (χ0n) is 12.8. The van der Waals surface area contributed by atoms with Gasteiger partial charge in [0.1, 0.15) is 0 Å². The summed E-state index contributed by atoms with van der Waals surface area (Å²) in [6.07, 6.45) is 8.67. The first-order valence-corrected chi connectivity index (χ1v) is 9.41. The molecule has 0 unspecified atom stereocenters. The van der Waals surface area contributed by atoms with Crippen LogP contribution in [-0.4, -0.2) is 17.0 Å². The van der Waals surface area contributed by atoms with Gasteiger partial charge in [-0.3, -0.25) is 4.79 Å². The van der Waals surface area contributed by atoms with Gasteiger partial charge in [-0.2, -0.15) is 0 Å². The number of ketones is 1. The molecule has 21 heavy (non-hydrogen) atoms. The van der Waals surface area contributed by atoms with Crippen molar-refractivity contribution in [3.05, 3.63) is 10.1 Å². The van der Waals surface area contributed by atoms with Gasteiger partial charge in [0.25, 0.3) is 0 Å². The molecule has 6 atom stereocenters. The maximum absolute atomic E-state index is 11.9. The van der Waals surface area contributed by atoms with Gasteiger partial charge in [0.15, 0.2) is 5.78 Å². The van der Waals surface area contributed by atoms with Crippen LogP contribution >= 0.6 is 15.9 Å². The Kier molecular flexibility index (Phi) is 3.39. The van der Waals surface area contributed by atoms with E-state index in [1.165, 1.54) is 31.3 Å². The zero-order valence-corrected chi connectivity index (χ0v) is 14.4. The molecule has 3 fully saturated rings. The van der Waals surface area contributed by atoms with Crippen LogP contribution in [0.1, 0.15) is 58.3 Å². The Labute approximate surface area is 135 Å². The van der Waals surface area contributed by atoms with Crippen molar-refractivity contribution in [1.82, 2.24) is 0 Å². The number of rotatable bonds is 0. The predicted octanol–water partition coefficient (Wildman–Crippen LogP) is 4.21. The molecule has 0 heterocycles. The molecule has 0 aromatic heterocycles. The molecule has 4 aliphatic carbocycles. The molecule has 0 saturated heterocycles. The number of fused-ring (bicyclic) bond motifs is 5. The molecule has 0 amide bonds. The van der Waals surface area contributed by atoms with E-state index in [2.05, 4.69) is 22.9 Å². The first-order valence-electron chi connectivity index (χ1n) is 8.62. The zero-order chi connectivity index (χ0) is 14.8. The second-order valence-corrected chi connectivity index (χ2v) is 8.81. The topological polar surface area (TPSA) is 37.3 Å². The fourth-order valence-corrected chi connectivity index (χ4v) is 6.90. The molecule has 0 aromatic carbocycles. The van der Waals surface area contributed by atoms with Gasteiger partial charge < -0.3 is 5.11 Å². The Hall–Kier alpha value is -0.150. The Morgan fingerprint density at radius 1 is 1.10 bits per heavy atom. The molecule has 4 aliphatic rings. The highest BCUT2D eigenvalue weighted by Crippen LogP contribution is 2.62. The second kappa shape index (κ2) is 4.92. The highest BCUT2D eigenvalue weighted by molar-refractivity contribution is 9.12. The molecule has 0 aliphatic heterocycles. The van der Waals surface area contributed by atoms with Gasteiger partial charge in [-0.15, -0.1) is 0 Å². The van der Waals surface area contributed by atoms with Gasteiger partial charge >= 0.3 is 0 Å². The predicted molar refractivity (Wildman–Crippen MR) is 86.0 cm³/mol. The molecule has 0 bridgehead atoms. The van der Waals surface area contributed by atoms with Crippen LogP contribution in [0.3, 0.4) is 0 Å². The largest absolute Gasteiger partial charge is 0.393 e. The standard InChI is InChI=1S/C18H25BrO2/c1-18-9-8-11-10-4-6-15(20)17(19)13(10)3-2-12(11)14(18)5-7-16(18)21/h10-12,14,16,21H,2-9H2,1H3/t10-,11-,12-,14+,16+,18+/m1/s1. The first-order chi connectivity index (χ1) is 10.0. The highest BCUT2D eigenvalue weighted by Gasteiger charge is 2.56. The quantitative estimate of drug-likeness (QED) is 0.708. The van der Waals surface area contributed by atoms with E-state index in [9.17, 15) is 9.90 Å². The lowest BCUT2D eigenvalue weighted by Crippen LogP contribution is -2.47. The van der Waals surface area contributed by atoms with Crippen LogP contribution in [0.5, 0.6) is 0 Å². The van der Waals surface area contributed by atoms with E-state index in [0.29, 0.717) is 17.6 Å². The molecule has 1 N–H and O–H groups in total. The van der Waals surface area contributed by atoms with Crippen molar-refractivity contribution in [3.63, 3.8) is 0 Å². The lowest BCUT2D eigenvalue weighted by molar-refractivity contribution is -0.116. The lowest BCUT2D eigenvalue weighted by Gasteiger charge is -2.53. The number of halogens is 1. The summed E-state index contributed by atoms with van der Waals surface area (Å²) in [7, 11) is 0. The summed E-state index contributed by atoms with van der Waals surface area (Å²) in [5, 5.41) is 10.4. The first kappa shape index (κ1) is 14.4. The molecule has 4 rings (SSSR count). The molecule has 0 spiro atoms. The summed E-state index contributed by atoms with van der Waals surface area (Å²) in [6.45, 7) is 2.33. The summed E-state index contributed by atoms with van der Waals surface area (Å²) < 4.78 is 0.914. The number of carbonyl (C=O) groups is 1. The van der Waals surface area contributed by atoms with Crippen LogP contribution in [0.2, 0.25) is 0 Å². The van der Waals surface area contributed by atoms with Crippen LogP contribution in [-0.2, 0) is 4.79 Å². The van der Waals surface area contributed by atoms with Gasteiger partial charge in [-0.05, 0) is 95.5 Å². The maximum Gasteiger partial charge on any atom is 0.169 e. The summed E-state index contributed by atoms with van der Waals surface area (Å²) in [4.78, 5) is 11.9. The lowest BCUT2D eigenvalue weighted by atomic mass is 9.52. The smallest absolute Gasteiger partial charge is 0.169 e. The summed E-state index contributed by atoms with van der Waals surface area (Å²) >= 11 is 3.58. The van der Waals surface area contributed by atoms with E-state index >= 15 is 0 Å². The fourth-order valence-electron chi connectivity index (χ4n) is 6.21. The minimum absolute atomic E-state index is 0.0833.